The van der Waals surface area contributed by atoms with Gasteiger partial charge < -0.3 is 5.11 Å². The van der Waals surface area contributed by atoms with Gasteiger partial charge in [0.1, 0.15) is 0 Å². The van der Waals surface area contributed by atoms with Gasteiger partial charge in [0, 0.05) is 6.42 Å². The van der Waals surface area contributed by atoms with Gasteiger partial charge in [-0.15, -0.1) is 16.7 Å². The standard InChI is InChI=1S/C5H9NO4/c1-2-3-4-5(7)10-6(8)9/h2,5,7H,1,3-4H2. The van der Waals surface area contributed by atoms with Gasteiger partial charge in [-0.25, -0.2) is 0 Å². The van der Waals surface area contributed by atoms with Crippen molar-refractivity contribution in [3.8, 4) is 0 Å². The van der Waals surface area contributed by atoms with Crippen molar-refractivity contribution in [2.24, 2.45) is 0 Å². The molecule has 0 rings (SSSR count). The third-order valence-electron chi connectivity index (χ3n) is 0.825. The van der Waals surface area contributed by atoms with Crippen molar-refractivity contribution in [3.63, 3.8) is 0 Å². The van der Waals surface area contributed by atoms with Crippen molar-refractivity contribution in [1.29, 1.82) is 0 Å². The van der Waals surface area contributed by atoms with E-state index < -0.39 is 11.4 Å². The highest BCUT2D eigenvalue weighted by atomic mass is 17.0. The Morgan fingerprint density at radius 2 is 2.50 bits per heavy atom. The molecule has 0 saturated heterocycles. The molecular weight excluding hydrogens is 138 g/mol. The van der Waals surface area contributed by atoms with E-state index in [2.05, 4.69) is 11.4 Å². The lowest BCUT2D eigenvalue weighted by molar-refractivity contribution is -0.780. The van der Waals surface area contributed by atoms with E-state index >= 15 is 0 Å². The minimum absolute atomic E-state index is 0.199. The van der Waals surface area contributed by atoms with Crippen molar-refractivity contribution in [1.82, 2.24) is 0 Å². The topological polar surface area (TPSA) is 72.6 Å². The molecular formula is C5H9NO4. The van der Waals surface area contributed by atoms with E-state index in [0.29, 0.717) is 6.42 Å². The average Bonchev–Trinajstić information content (AvgIpc) is 1.82. The molecule has 0 heterocycles. The first kappa shape index (κ1) is 8.90. The zero-order valence-electron chi connectivity index (χ0n) is 5.40. The highest BCUT2D eigenvalue weighted by molar-refractivity contribution is 4.65. The maximum absolute atomic E-state index is 9.57. The number of allylic oxidation sites excluding steroid dienone is 1. The van der Waals surface area contributed by atoms with E-state index in [-0.39, 0.29) is 6.42 Å². The van der Waals surface area contributed by atoms with Crippen molar-refractivity contribution in [2.75, 3.05) is 0 Å². The summed E-state index contributed by atoms with van der Waals surface area (Å²) in [6.07, 6.45) is 0.916. The molecule has 0 aromatic heterocycles. The summed E-state index contributed by atoms with van der Waals surface area (Å²) >= 11 is 0. The van der Waals surface area contributed by atoms with E-state index in [1.165, 1.54) is 0 Å². The normalized spacial score (nSPS) is 12.1. The van der Waals surface area contributed by atoms with Crippen LogP contribution >= 0.6 is 0 Å². The molecule has 10 heavy (non-hydrogen) atoms. The van der Waals surface area contributed by atoms with E-state index in [4.69, 9.17) is 5.11 Å². The van der Waals surface area contributed by atoms with Crippen LogP contribution in [0.1, 0.15) is 12.8 Å². The molecule has 0 spiro atoms. The smallest absolute Gasteiger partial charge is 0.297 e. The van der Waals surface area contributed by atoms with Gasteiger partial charge in [-0.3, -0.25) is 4.84 Å². The molecule has 0 aromatic rings. The molecule has 1 unspecified atom stereocenters. The second-order valence-corrected chi connectivity index (χ2v) is 1.65. The molecule has 0 bridgehead atoms. The number of rotatable bonds is 5. The Morgan fingerprint density at radius 3 is 2.90 bits per heavy atom. The molecule has 5 heteroatoms. The molecule has 1 N–H and O–H groups in total. The molecule has 0 fully saturated rings. The number of hydrogen-bond donors (Lipinski definition) is 1. The second kappa shape index (κ2) is 4.75. The van der Waals surface area contributed by atoms with Crippen LogP contribution in [0, 0.1) is 10.1 Å². The quantitative estimate of drug-likeness (QED) is 0.265. The van der Waals surface area contributed by atoms with Crippen molar-refractivity contribution >= 4 is 0 Å². The van der Waals surface area contributed by atoms with Gasteiger partial charge in [0.15, 0.2) is 0 Å². The molecule has 0 radical (unpaired) electrons. The van der Waals surface area contributed by atoms with Gasteiger partial charge in [0.2, 0.25) is 6.29 Å². The van der Waals surface area contributed by atoms with Crippen LogP contribution in [0.5, 0.6) is 0 Å². The van der Waals surface area contributed by atoms with Crippen LogP contribution in [0.25, 0.3) is 0 Å². The molecule has 0 aliphatic carbocycles. The van der Waals surface area contributed by atoms with Crippen LogP contribution in [-0.4, -0.2) is 16.5 Å². The first-order valence-electron chi connectivity index (χ1n) is 2.77. The SMILES string of the molecule is C=CCCC(O)O[N+](=O)[O-]. The minimum atomic E-state index is -1.33. The summed E-state index contributed by atoms with van der Waals surface area (Å²) in [7, 11) is 0. The molecule has 0 amide bonds. The summed E-state index contributed by atoms with van der Waals surface area (Å²) in [6, 6.07) is 0. The maximum atomic E-state index is 9.57. The monoisotopic (exact) mass is 147 g/mol. The lowest BCUT2D eigenvalue weighted by atomic mass is 10.3. The summed E-state index contributed by atoms with van der Waals surface area (Å²) in [4.78, 5) is 13.4. The summed E-state index contributed by atoms with van der Waals surface area (Å²) in [5.74, 6) is 0. The van der Waals surface area contributed by atoms with Crippen molar-refractivity contribution in [2.45, 2.75) is 19.1 Å². The van der Waals surface area contributed by atoms with E-state index in [1.807, 2.05) is 0 Å². The molecule has 0 saturated carbocycles. The van der Waals surface area contributed by atoms with Crippen LogP contribution in [0.15, 0.2) is 12.7 Å². The average molecular weight is 147 g/mol. The maximum Gasteiger partial charge on any atom is 0.297 e. The molecule has 1 atom stereocenters. The Bertz CT molecular complexity index is 125. The van der Waals surface area contributed by atoms with E-state index in [0.717, 1.165) is 0 Å². The lowest BCUT2D eigenvalue weighted by Gasteiger charge is -2.04. The Kier molecular flexibility index (Phi) is 4.23. The Labute approximate surface area is 58.0 Å². The minimum Gasteiger partial charge on any atom is -0.368 e. The third-order valence-corrected chi connectivity index (χ3v) is 0.825. The van der Waals surface area contributed by atoms with Crippen LogP contribution in [-0.2, 0) is 4.84 Å². The fourth-order valence-corrected chi connectivity index (χ4v) is 0.412. The lowest BCUT2D eigenvalue weighted by Crippen LogP contribution is -2.15. The van der Waals surface area contributed by atoms with Gasteiger partial charge in [0.05, 0.1) is 0 Å². The number of nitrogens with zero attached hydrogens (tertiary/aromatic N) is 1. The summed E-state index contributed by atoms with van der Waals surface area (Å²) in [5.41, 5.74) is 0. The van der Waals surface area contributed by atoms with Gasteiger partial charge in [-0.1, -0.05) is 6.08 Å². The summed E-state index contributed by atoms with van der Waals surface area (Å²) in [6.45, 7) is 3.38. The van der Waals surface area contributed by atoms with E-state index in [1.54, 1.807) is 6.08 Å². The fourth-order valence-electron chi connectivity index (χ4n) is 0.412. The molecule has 0 aromatic carbocycles. The van der Waals surface area contributed by atoms with E-state index in [9.17, 15) is 10.1 Å². The molecule has 58 valence electrons. The number of aliphatic hydroxyl groups excluding tert-OH is 1. The first-order chi connectivity index (χ1) is 4.66. The Hall–Kier alpha value is -1.10. The molecule has 0 aliphatic heterocycles. The zero-order chi connectivity index (χ0) is 7.98. The highest BCUT2D eigenvalue weighted by Gasteiger charge is 2.05. The first-order valence-corrected chi connectivity index (χ1v) is 2.77. The van der Waals surface area contributed by atoms with Gasteiger partial charge in [-0.2, -0.15) is 0 Å². The predicted octanol–water partition coefficient (Wildman–Crippen LogP) is 0.479. The third kappa shape index (κ3) is 5.04. The Balaban J connectivity index is 3.33. The van der Waals surface area contributed by atoms with Gasteiger partial charge in [-0.05, 0) is 6.42 Å². The number of aliphatic hydroxyl groups is 1. The highest BCUT2D eigenvalue weighted by Crippen LogP contribution is 1.98. The summed E-state index contributed by atoms with van der Waals surface area (Å²) < 4.78 is 0. The molecule has 5 nitrogen and oxygen atoms in total. The van der Waals surface area contributed by atoms with Crippen LogP contribution in [0.2, 0.25) is 0 Å². The van der Waals surface area contributed by atoms with Crippen LogP contribution in [0.4, 0.5) is 0 Å². The summed E-state index contributed by atoms with van der Waals surface area (Å²) in [5, 5.41) is 17.2. The largest absolute Gasteiger partial charge is 0.368 e. The van der Waals surface area contributed by atoms with Crippen LogP contribution in [0.3, 0.4) is 0 Å². The second-order valence-electron chi connectivity index (χ2n) is 1.65. The molecule has 0 aliphatic rings. The fraction of sp³-hybridized carbons (Fsp3) is 0.600. The van der Waals surface area contributed by atoms with Gasteiger partial charge >= 0.3 is 0 Å². The van der Waals surface area contributed by atoms with Crippen molar-refractivity contribution in [3.05, 3.63) is 22.8 Å². The van der Waals surface area contributed by atoms with Crippen LogP contribution < -0.4 is 0 Å². The zero-order valence-corrected chi connectivity index (χ0v) is 5.40. The number of hydrogen-bond acceptors (Lipinski definition) is 4. The Morgan fingerprint density at radius 1 is 1.90 bits per heavy atom. The predicted molar refractivity (Wildman–Crippen MR) is 33.5 cm³/mol. The van der Waals surface area contributed by atoms with Crippen molar-refractivity contribution < 1.29 is 15.0 Å². The van der Waals surface area contributed by atoms with Gasteiger partial charge in [0.25, 0.3) is 5.09 Å².